The Bertz CT molecular complexity index is 326. The van der Waals surface area contributed by atoms with Crippen LogP contribution in [0, 0.1) is 11.8 Å². The normalized spacial score (nSPS) is 14.8. The molecule has 0 aromatic heterocycles. The zero-order chi connectivity index (χ0) is 13.5. The zero-order valence-electron chi connectivity index (χ0n) is 12.7. The van der Waals surface area contributed by atoms with Gasteiger partial charge in [0.25, 0.3) is 0 Å². The van der Waals surface area contributed by atoms with Crippen LogP contribution in [-0.2, 0) is 6.42 Å². The summed E-state index contributed by atoms with van der Waals surface area (Å²) in [5.41, 5.74) is 2.94. The highest BCUT2D eigenvalue weighted by Gasteiger charge is 2.13. The van der Waals surface area contributed by atoms with Crippen molar-refractivity contribution in [3.63, 3.8) is 0 Å². The first-order valence-corrected chi connectivity index (χ1v) is 7.31. The first kappa shape index (κ1) is 15.2. The van der Waals surface area contributed by atoms with E-state index < -0.39 is 0 Å². The van der Waals surface area contributed by atoms with Gasteiger partial charge in [0.2, 0.25) is 0 Å². The Hall–Kier alpha value is -0.820. The Labute approximate surface area is 113 Å². The predicted molar refractivity (Wildman–Crippen MR) is 81.1 cm³/mol. The summed E-state index contributed by atoms with van der Waals surface area (Å²) in [5, 5.41) is 3.31. The largest absolute Gasteiger partial charge is 0.319 e. The van der Waals surface area contributed by atoms with Gasteiger partial charge >= 0.3 is 0 Å². The molecule has 102 valence electrons. The van der Waals surface area contributed by atoms with Crippen LogP contribution in [-0.4, -0.2) is 13.6 Å². The molecule has 1 aromatic rings. The SMILES string of the molecule is CCC(C)c1ccc(CC(CNC)C(C)C)cc1. The van der Waals surface area contributed by atoms with Crippen LogP contribution in [0.3, 0.4) is 0 Å². The van der Waals surface area contributed by atoms with Crippen molar-refractivity contribution in [3.05, 3.63) is 35.4 Å². The maximum absolute atomic E-state index is 3.31. The van der Waals surface area contributed by atoms with Crippen LogP contribution < -0.4 is 5.32 Å². The summed E-state index contributed by atoms with van der Waals surface area (Å²) in [5.74, 6) is 2.13. The molecule has 0 spiro atoms. The van der Waals surface area contributed by atoms with Crippen molar-refractivity contribution in [3.8, 4) is 0 Å². The molecule has 0 aliphatic heterocycles. The van der Waals surface area contributed by atoms with Crippen molar-refractivity contribution < 1.29 is 0 Å². The van der Waals surface area contributed by atoms with Crippen LogP contribution in [0.5, 0.6) is 0 Å². The second kappa shape index (κ2) is 7.58. The Morgan fingerprint density at radius 3 is 2.11 bits per heavy atom. The molecule has 1 aromatic carbocycles. The lowest BCUT2D eigenvalue weighted by molar-refractivity contribution is 0.370. The van der Waals surface area contributed by atoms with Gasteiger partial charge in [0.05, 0.1) is 0 Å². The fourth-order valence-electron chi connectivity index (χ4n) is 2.33. The summed E-state index contributed by atoms with van der Waals surface area (Å²) in [7, 11) is 2.04. The molecule has 2 unspecified atom stereocenters. The van der Waals surface area contributed by atoms with Gasteiger partial charge in [0.15, 0.2) is 0 Å². The monoisotopic (exact) mass is 247 g/mol. The van der Waals surface area contributed by atoms with E-state index in [9.17, 15) is 0 Å². The van der Waals surface area contributed by atoms with Gasteiger partial charge < -0.3 is 5.32 Å². The molecule has 0 radical (unpaired) electrons. The minimum atomic E-state index is 0.678. The molecule has 0 aliphatic rings. The highest BCUT2D eigenvalue weighted by Crippen LogP contribution is 2.21. The van der Waals surface area contributed by atoms with Gasteiger partial charge in [0, 0.05) is 0 Å². The third kappa shape index (κ3) is 4.45. The molecule has 0 amide bonds. The molecular formula is C17H29N. The molecule has 1 rings (SSSR count). The minimum absolute atomic E-state index is 0.678. The molecule has 18 heavy (non-hydrogen) atoms. The quantitative estimate of drug-likeness (QED) is 0.760. The third-order valence-corrected chi connectivity index (χ3v) is 4.07. The Kier molecular flexibility index (Phi) is 6.42. The molecule has 2 atom stereocenters. The fraction of sp³-hybridized carbons (Fsp3) is 0.647. The molecule has 1 nitrogen and oxygen atoms in total. The van der Waals surface area contributed by atoms with Crippen LogP contribution in [0.2, 0.25) is 0 Å². The van der Waals surface area contributed by atoms with E-state index in [0.717, 1.165) is 18.4 Å². The Morgan fingerprint density at radius 1 is 1.06 bits per heavy atom. The highest BCUT2D eigenvalue weighted by atomic mass is 14.8. The standard InChI is InChI=1S/C17H29N/c1-6-14(4)16-9-7-15(8-10-16)11-17(12-18-5)13(2)3/h7-10,13-14,17-18H,6,11-12H2,1-5H3. The second-order valence-electron chi connectivity index (χ2n) is 5.82. The topological polar surface area (TPSA) is 12.0 Å². The lowest BCUT2D eigenvalue weighted by atomic mass is 9.88. The van der Waals surface area contributed by atoms with Gasteiger partial charge in [-0.1, -0.05) is 52.0 Å². The maximum Gasteiger partial charge on any atom is -0.00179 e. The smallest absolute Gasteiger partial charge is 0.00179 e. The van der Waals surface area contributed by atoms with E-state index in [1.165, 1.54) is 24.0 Å². The van der Waals surface area contributed by atoms with Crippen molar-refractivity contribution in [2.45, 2.75) is 46.5 Å². The summed E-state index contributed by atoms with van der Waals surface area (Å²) in [6, 6.07) is 9.24. The van der Waals surface area contributed by atoms with E-state index in [-0.39, 0.29) is 0 Å². The Morgan fingerprint density at radius 2 is 1.67 bits per heavy atom. The van der Waals surface area contributed by atoms with E-state index in [2.05, 4.69) is 57.3 Å². The van der Waals surface area contributed by atoms with E-state index in [1.807, 2.05) is 7.05 Å². The molecule has 0 bridgehead atoms. The van der Waals surface area contributed by atoms with Gasteiger partial charge in [-0.3, -0.25) is 0 Å². The number of rotatable bonds is 7. The summed E-state index contributed by atoms with van der Waals surface area (Å²) >= 11 is 0. The van der Waals surface area contributed by atoms with Crippen molar-refractivity contribution in [2.24, 2.45) is 11.8 Å². The van der Waals surface area contributed by atoms with Crippen LogP contribution in [0.4, 0.5) is 0 Å². The highest BCUT2D eigenvalue weighted by molar-refractivity contribution is 5.25. The summed E-state index contributed by atoms with van der Waals surface area (Å²) in [4.78, 5) is 0. The van der Waals surface area contributed by atoms with Crippen molar-refractivity contribution in [1.82, 2.24) is 5.32 Å². The summed E-state index contributed by atoms with van der Waals surface area (Å²) in [6.45, 7) is 10.3. The maximum atomic E-state index is 3.31. The lowest BCUT2D eigenvalue weighted by Gasteiger charge is -2.21. The van der Waals surface area contributed by atoms with Gasteiger partial charge in [-0.15, -0.1) is 0 Å². The molecule has 0 fully saturated rings. The molecule has 1 heteroatoms. The second-order valence-corrected chi connectivity index (χ2v) is 5.82. The predicted octanol–water partition coefficient (Wildman–Crippen LogP) is 4.23. The third-order valence-electron chi connectivity index (χ3n) is 4.07. The van der Waals surface area contributed by atoms with Gasteiger partial charge in [0.1, 0.15) is 0 Å². The summed E-state index contributed by atoms with van der Waals surface area (Å²) in [6.07, 6.45) is 2.40. The average molecular weight is 247 g/mol. The van der Waals surface area contributed by atoms with Crippen LogP contribution >= 0.6 is 0 Å². The molecule has 0 heterocycles. The minimum Gasteiger partial charge on any atom is -0.319 e. The average Bonchev–Trinajstić information content (AvgIpc) is 2.38. The van der Waals surface area contributed by atoms with Crippen LogP contribution in [0.25, 0.3) is 0 Å². The fourth-order valence-corrected chi connectivity index (χ4v) is 2.33. The number of hydrogen-bond donors (Lipinski definition) is 1. The van der Waals surface area contributed by atoms with Crippen molar-refractivity contribution in [1.29, 1.82) is 0 Å². The van der Waals surface area contributed by atoms with Crippen LogP contribution in [0.1, 0.15) is 51.2 Å². The van der Waals surface area contributed by atoms with Gasteiger partial charge in [-0.25, -0.2) is 0 Å². The lowest BCUT2D eigenvalue weighted by Crippen LogP contribution is -2.25. The molecule has 0 saturated heterocycles. The Balaban J connectivity index is 2.67. The van der Waals surface area contributed by atoms with E-state index in [4.69, 9.17) is 0 Å². The first-order valence-electron chi connectivity index (χ1n) is 7.31. The molecular weight excluding hydrogens is 218 g/mol. The van der Waals surface area contributed by atoms with Crippen molar-refractivity contribution in [2.75, 3.05) is 13.6 Å². The first-order chi connectivity index (χ1) is 8.58. The molecule has 0 saturated carbocycles. The number of hydrogen-bond acceptors (Lipinski definition) is 1. The molecule has 1 N–H and O–H groups in total. The van der Waals surface area contributed by atoms with Gasteiger partial charge in [-0.05, 0) is 55.3 Å². The molecule has 0 aliphatic carbocycles. The number of benzene rings is 1. The van der Waals surface area contributed by atoms with Crippen molar-refractivity contribution >= 4 is 0 Å². The zero-order valence-corrected chi connectivity index (χ0v) is 12.7. The van der Waals surface area contributed by atoms with Crippen LogP contribution in [0.15, 0.2) is 24.3 Å². The van der Waals surface area contributed by atoms with E-state index in [1.54, 1.807) is 0 Å². The number of nitrogens with one attached hydrogen (secondary N) is 1. The van der Waals surface area contributed by atoms with Gasteiger partial charge in [-0.2, -0.15) is 0 Å². The van der Waals surface area contributed by atoms with E-state index >= 15 is 0 Å². The van der Waals surface area contributed by atoms with E-state index in [0.29, 0.717) is 5.92 Å². The summed E-state index contributed by atoms with van der Waals surface area (Å²) < 4.78 is 0.